The number of aliphatic carboxylic acids is 1. The second-order valence-electron chi connectivity index (χ2n) is 8.79. The molecular weight excluding hydrogens is 493 g/mol. The van der Waals surface area contributed by atoms with E-state index in [2.05, 4.69) is 20.8 Å². The summed E-state index contributed by atoms with van der Waals surface area (Å²) in [7, 11) is 0. The van der Waals surface area contributed by atoms with Crippen molar-refractivity contribution >= 4 is 17.8 Å². The summed E-state index contributed by atoms with van der Waals surface area (Å²) < 4.78 is 44.6. The Bertz CT molecular complexity index is 1160. The summed E-state index contributed by atoms with van der Waals surface area (Å²) in [6.07, 6.45) is -2.69. The highest BCUT2D eigenvalue weighted by atomic mass is 19.4. The lowest BCUT2D eigenvalue weighted by molar-refractivity contribution is -0.137. The van der Waals surface area contributed by atoms with E-state index in [4.69, 9.17) is 4.74 Å². The number of H-pyrrole nitrogens is 1. The van der Waals surface area contributed by atoms with Gasteiger partial charge < -0.3 is 20.5 Å². The van der Waals surface area contributed by atoms with E-state index in [0.717, 1.165) is 12.1 Å². The first-order valence-electron chi connectivity index (χ1n) is 11.8. The van der Waals surface area contributed by atoms with Crippen LogP contribution in [0.4, 0.5) is 13.2 Å². The van der Waals surface area contributed by atoms with E-state index in [9.17, 15) is 32.7 Å². The highest BCUT2D eigenvalue weighted by Gasteiger charge is 2.38. The largest absolute Gasteiger partial charge is 0.478 e. The molecule has 0 bridgehead atoms. The predicted molar refractivity (Wildman–Crippen MR) is 127 cm³/mol. The van der Waals surface area contributed by atoms with Crippen LogP contribution in [0.5, 0.6) is 0 Å². The Hall–Kier alpha value is -3.67. The Morgan fingerprint density at radius 3 is 2.35 bits per heavy atom. The fourth-order valence-corrected chi connectivity index (χ4v) is 4.17. The maximum atomic E-state index is 13.0. The van der Waals surface area contributed by atoms with Gasteiger partial charge in [0.15, 0.2) is 0 Å². The molecule has 37 heavy (non-hydrogen) atoms. The summed E-state index contributed by atoms with van der Waals surface area (Å²) in [4.78, 5) is 36.8. The van der Waals surface area contributed by atoms with Gasteiger partial charge in [-0.15, -0.1) is 0 Å². The lowest BCUT2D eigenvalue weighted by Crippen LogP contribution is -2.59. The Morgan fingerprint density at radius 2 is 1.81 bits per heavy atom. The van der Waals surface area contributed by atoms with Crippen LogP contribution in [0, 0.1) is 0 Å². The van der Waals surface area contributed by atoms with Gasteiger partial charge in [0.25, 0.3) is 5.91 Å². The van der Waals surface area contributed by atoms with Crippen molar-refractivity contribution in [2.24, 2.45) is 0 Å². The molecule has 4 N–H and O–H groups in total. The van der Waals surface area contributed by atoms with E-state index < -0.39 is 41.8 Å². The molecule has 0 saturated carbocycles. The summed E-state index contributed by atoms with van der Waals surface area (Å²) in [6, 6.07) is 4.16. The molecular formula is C25H29F3N4O5. The number of aromatic nitrogens is 2. The fraction of sp³-hybridized carbons (Fsp3) is 0.440. The highest BCUT2D eigenvalue weighted by Crippen LogP contribution is 2.31. The number of hydrogen-bond acceptors (Lipinski definition) is 5. The average molecular weight is 523 g/mol. The lowest BCUT2D eigenvalue weighted by Gasteiger charge is -2.38. The number of aromatic amines is 1. The molecule has 12 heteroatoms. The number of ether oxygens (including phenoxy) is 1. The zero-order valence-corrected chi connectivity index (χ0v) is 20.6. The molecule has 1 heterocycles. The number of carbonyl (C=O) groups excluding carboxylic acids is 2. The number of carboxylic acids is 1. The van der Waals surface area contributed by atoms with Crippen LogP contribution in [-0.4, -0.2) is 57.4 Å². The number of alkyl halides is 3. The van der Waals surface area contributed by atoms with E-state index >= 15 is 0 Å². The van der Waals surface area contributed by atoms with Crippen LogP contribution >= 0.6 is 0 Å². The molecule has 1 aromatic carbocycles. The smallest absolute Gasteiger partial charge is 0.416 e. The summed E-state index contributed by atoms with van der Waals surface area (Å²) in [6.45, 7) is 5.17. The molecule has 0 unspecified atom stereocenters. The first-order chi connectivity index (χ1) is 17.4. The van der Waals surface area contributed by atoms with Gasteiger partial charge in [-0.3, -0.25) is 14.7 Å². The van der Waals surface area contributed by atoms with Crippen molar-refractivity contribution < 1.29 is 37.4 Å². The third-order valence-corrected chi connectivity index (χ3v) is 6.14. The van der Waals surface area contributed by atoms with Crippen molar-refractivity contribution in [3.8, 4) is 11.3 Å². The highest BCUT2D eigenvalue weighted by molar-refractivity contribution is 5.94. The second-order valence-corrected chi connectivity index (χ2v) is 8.79. The van der Waals surface area contributed by atoms with Gasteiger partial charge in [0, 0.05) is 24.5 Å². The third-order valence-electron chi connectivity index (χ3n) is 6.14. The van der Waals surface area contributed by atoms with Crippen LogP contribution in [-0.2, 0) is 20.5 Å². The van der Waals surface area contributed by atoms with Crippen molar-refractivity contribution in [2.45, 2.75) is 70.5 Å². The minimum atomic E-state index is -4.47. The molecule has 0 fully saturated rings. The number of carboxylic acid groups (broad SMARTS) is 1. The van der Waals surface area contributed by atoms with Crippen molar-refractivity contribution in [3.05, 3.63) is 53.2 Å². The molecule has 2 amide bonds. The second kappa shape index (κ2) is 11.6. The topological polar surface area (TPSA) is 133 Å². The van der Waals surface area contributed by atoms with Gasteiger partial charge in [-0.2, -0.15) is 18.3 Å². The van der Waals surface area contributed by atoms with E-state index in [1.165, 1.54) is 31.2 Å². The standard InChI is InChI=1S/C25H29F3N4O5/c1-4-17(5-2)37-21-11-15(24(35)36)10-19(22(21)29-13(3)33)30-23(34)20-12-18(31-32-20)14-6-8-16(9-7-14)25(26,27)28/h6-9,11-12,17,19,21-22H,4-5,10H2,1-3H3,(H,29,33)(H,30,34)(H,31,32)(H,35,36)/t19-,21+,22+/m0/s1. The minimum absolute atomic E-state index is 0.0142. The first kappa shape index (κ1) is 27.9. The quantitative estimate of drug-likeness (QED) is 0.397. The van der Waals surface area contributed by atoms with E-state index in [1.807, 2.05) is 13.8 Å². The molecule has 2 aromatic rings. The lowest BCUT2D eigenvalue weighted by atomic mass is 9.87. The van der Waals surface area contributed by atoms with Gasteiger partial charge in [-0.05, 0) is 37.1 Å². The van der Waals surface area contributed by atoms with Crippen molar-refractivity contribution in [1.82, 2.24) is 20.8 Å². The van der Waals surface area contributed by atoms with E-state index in [1.54, 1.807) is 0 Å². The van der Waals surface area contributed by atoms with Gasteiger partial charge in [-0.25, -0.2) is 4.79 Å². The van der Waals surface area contributed by atoms with Crippen LogP contribution in [0.25, 0.3) is 11.3 Å². The Labute approximate surface area is 211 Å². The zero-order valence-electron chi connectivity index (χ0n) is 20.6. The van der Waals surface area contributed by atoms with Crippen molar-refractivity contribution in [3.63, 3.8) is 0 Å². The van der Waals surface area contributed by atoms with Gasteiger partial charge >= 0.3 is 12.1 Å². The average Bonchev–Trinajstić information content (AvgIpc) is 3.33. The molecule has 1 aromatic heterocycles. The van der Waals surface area contributed by atoms with Crippen LogP contribution in [0.3, 0.4) is 0 Å². The van der Waals surface area contributed by atoms with Gasteiger partial charge in [-0.1, -0.05) is 26.0 Å². The SMILES string of the molecule is CCC(CC)O[C@@H]1C=C(C(=O)O)C[C@H](NC(=O)c2cc(-c3ccc(C(F)(F)F)cc3)n[nH]2)[C@H]1NC(C)=O. The number of rotatable bonds is 9. The number of nitrogens with one attached hydrogen (secondary N) is 3. The Morgan fingerprint density at radius 1 is 1.16 bits per heavy atom. The fourth-order valence-electron chi connectivity index (χ4n) is 4.17. The van der Waals surface area contributed by atoms with Gasteiger partial charge in [0.2, 0.25) is 5.91 Å². The molecule has 0 spiro atoms. The summed E-state index contributed by atoms with van der Waals surface area (Å²) in [5.41, 5.74) is -0.134. The molecule has 0 radical (unpaired) electrons. The number of hydrogen-bond donors (Lipinski definition) is 4. The monoisotopic (exact) mass is 522 g/mol. The Kier molecular flexibility index (Phi) is 8.74. The molecule has 1 aliphatic rings. The molecule has 200 valence electrons. The summed E-state index contributed by atoms with van der Waals surface area (Å²) >= 11 is 0. The van der Waals surface area contributed by atoms with Crippen molar-refractivity contribution in [1.29, 1.82) is 0 Å². The number of carbonyl (C=O) groups is 3. The van der Waals surface area contributed by atoms with Crippen LogP contribution < -0.4 is 10.6 Å². The maximum absolute atomic E-state index is 13.0. The molecule has 0 saturated heterocycles. The van der Waals surface area contributed by atoms with Crippen LogP contribution in [0.1, 0.15) is 56.1 Å². The molecule has 1 aliphatic carbocycles. The summed E-state index contributed by atoms with van der Waals surface area (Å²) in [5, 5.41) is 21.7. The van der Waals surface area contributed by atoms with Gasteiger partial charge in [0.1, 0.15) is 5.69 Å². The zero-order chi connectivity index (χ0) is 27.3. The first-order valence-corrected chi connectivity index (χ1v) is 11.8. The van der Waals surface area contributed by atoms with Crippen molar-refractivity contribution in [2.75, 3.05) is 0 Å². The van der Waals surface area contributed by atoms with E-state index in [-0.39, 0.29) is 35.4 Å². The number of amides is 2. The number of benzene rings is 1. The summed E-state index contributed by atoms with van der Waals surface area (Å²) in [5.74, 6) is -2.16. The van der Waals surface area contributed by atoms with Crippen LogP contribution in [0.15, 0.2) is 42.0 Å². The minimum Gasteiger partial charge on any atom is -0.478 e. The predicted octanol–water partition coefficient (Wildman–Crippen LogP) is 3.69. The van der Waals surface area contributed by atoms with Gasteiger partial charge in [0.05, 0.1) is 35.5 Å². The normalized spacial score (nSPS) is 19.9. The number of nitrogens with zero attached hydrogens (tertiary/aromatic N) is 1. The molecule has 9 nitrogen and oxygen atoms in total. The maximum Gasteiger partial charge on any atom is 0.416 e. The molecule has 0 aliphatic heterocycles. The molecule has 3 atom stereocenters. The Balaban J connectivity index is 1.83. The van der Waals surface area contributed by atoms with E-state index in [0.29, 0.717) is 18.4 Å². The molecule has 3 rings (SSSR count). The number of halogens is 3. The third kappa shape index (κ3) is 6.97. The van der Waals surface area contributed by atoms with Crippen LogP contribution in [0.2, 0.25) is 0 Å².